The third-order valence-corrected chi connectivity index (χ3v) is 2.19. The molecule has 2 rings (SSSR count). The Labute approximate surface area is 66.1 Å². The predicted octanol–water partition coefficient (Wildman–Crippen LogP) is 2.93. The van der Waals surface area contributed by atoms with E-state index in [-0.39, 0.29) is 5.82 Å². The van der Waals surface area contributed by atoms with Crippen molar-refractivity contribution in [3.63, 3.8) is 0 Å². The molecule has 0 saturated heterocycles. The smallest absolute Gasteiger partial charge is 0.123 e. The Hall–Kier alpha value is -0.850. The van der Waals surface area contributed by atoms with Crippen molar-refractivity contribution in [2.75, 3.05) is 0 Å². The highest BCUT2D eigenvalue weighted by atomic mass is 19.1. The summed E-state index contributed by atoms with van der Waals surface area (Å²) in [5, 5.41) is 0. The molecule has 1 aliphatic carbocycles. The van der Waals surface area contributed by atoms with Gasteiger partial charge < -0.3 is 0 Å². The fraction of sp³-hybridized carbons (Fsp3) is 0.300. The number of rotatable bonds is 1. The summed E-state index contributed by atoms with van der Waals surface area (Å²) in [6, 6.07) is 6.87. The molecule has 1 aliphatic rings. The standard InChI is InChI=1S/C10H10F/c11-10-6-2-5-9(7-10)8-3-1-4-8/h2,5-7H,1,3-4H2. The molecular weight excluding hydrogens is 139 g/mol. The zero-order valence-corrected chi connectivity index (χ0v) is 6.31. The average Bonchev–Trinajstić information content (AvgIpc) is 1.83. The zero-order chi connectivity index (χ0) is 7.68. The molecule has 57 valence electrons. The van der Waals surface area contributed by atoms with E-state index in [2.05, 4.69) is 0 Å². The van der Waals surface area contributed by atoms with Gasteiger partial charge in [-0.3, -0.25) is 0 Å². The second-order valence-corrected chi connectivity index (χ2v) is 2.97. The minimum atomic E-state index is -0.123. The van der Waals surface area contributed by atoms with E-state index in [4.69, 9.17) is 0 Å². The van der Waals surface area contributed by atoms with Crippen molar-refractivity contribution >= 4 is 0 Å². The van der Waals surface area contributed by atoms with Gasteiger partial charge in [-0.1, -0.05) is 18.6 Å². The largest absolute Gasteiger partial charge is 0.207 e. The number of hydrogen-bond donors (Lipinski definition) is 0. The van der Waals surface area contributed by atoms with E-state index in [1.807, 2.05) is 6.07 Å². The molecule has 1 radical (unpaired) electrons. The molecule has 0 N–H and O–H groups in total. The first-order valence-corrected chi connectivity index (χ1v) is 3.97. The van der Waals surface area contributed by atoms with Gasteiger partial charge in [-0.15, -0.1) is 0 Å². The van der Waals surface area contributed by atoms with Crippen LogP contribution in [0.3, 0.4) is 0 Å². The first kappa shape index (κ1) is 6.84. The van der Waals surface area contributed by atoms with Gasteiger partial charge in [0.15, 0.2) is 0 Å². The summed E-state index contributed by atoms with van der Waals surface area (Å²) >= 11 is 0. The molecule has 1 fully saturated rings. The highest BCUT2D eigenvalue weighted by molar-refractivity contribution is 5.33. The van der Waals surface area contributed by atoms with E-state index < -0.39 is 0 Å². The molecule has 1 saturated carbocycles. The van der Waals surface area contributed by atoms with Crippen molar-refractivity contribution in [2.24, 2.45) is 0 Å². The molecule has 0 aromatic heterocycles. The maximum Gasteiger partial charge on any atom is 0.123 e. The van der Waals surface area contributed by atoms with Crippen molar-refractivity contribution < 1.29 is 4.39 Å². The van der Waals surface area contributed by atoms with Crippen LogP contribution in [0.15, 0.2) is 24.3 Å². The van der Waals surface area contributed by atoms with Gasteiger partial charge in [0, 0.05) is 5.92 Å². The second kappa shape index (κ2) is 2.65. The fourth-order valence-corrected chi connectivity index (χ4v) is 1.35. The molecule has 1 aromatic rings. The minimum Gasteiger partial charge on any atom is -0.207 e. The lowest BCUT2D eigenvalue weighted by Crippen LogP contribution is -2.09. The van der Waals surface area contributed by atoms with Crippen LogP contribution >= 0.6 is 0 Å². The van der Waals surface area contributed by atoms with E-state index in [0.29, 0.717) is 0 Å². The van der Waals surface area contributed by atoms with Crippen LogP contribution in [0.25, 0.3) is 0 Å². The lowest BCUT2D eigenvalue weighted by atomic mass is 9.80. The third kappa shape index (κ3) is 1.28. The maximum atomic E-state index is 12.7. The molecule has 0 unspecified atom stereocenters. The average molecular weight is 149 g/mol. The van der Waals surface area contributed by atoms with Crippen LogP contribution in [-0.2, 0) is 0 Å². The van der Waals surface area contributed by atoms with Gasteiger partial charge >= 0.3 is 0 Å². The summed E-state index contributed by atoms with van der Waals surface area (Å²) in [6.45, 7) is 0. The van der Waals surface area contributed by atoms with Crippen LogP contribution in [0.1, 0.15) is 24.8 Å². The Balaban J connectivity index is 2.23. The molecule has 0 heterocycles. The van der Waals surface area contributed by atoms with Crippen LogP contribution in [-0.4, -0.2) is 0 Å². The van der Waals surface area contributed by atoms with Crippen LogP contribution in [0, 0.1) is 11.7 Å². The van der Waals surface area contributed by atoms with Gasteiger partial charge in [-0.2, -0.15) is 0 Å². The first-order chi connectivity index (χ1) is 5.36. The van der Waals surface area contributed by atoms with E-state index in [9.17, 15) is 4.39 Å². The summed E-state index contributed by atoms with van der Waals surface area (Å²) in [7, 11) is 0. The molecule has 0 amide bonds. The Kier molecular flexibility index (Phi) is 1.65. The van der Waals surface area contributed by atoms with E-state index in [1.165, 1.54) is 18.4 Å². The van der Waals surface area contributed by atoms with Crippen molar-refractivity contribution in [3.8, 4) is 0 Å². The van der Waals surface area contributed by atoms with E-state index in [0.717, 1.165) is 18.4 Å². The lowest BCUT2D eigenvalue weighted by molar-refractivity contribution is 0.570. The van der Waals surface area contributed by atoms with Gasteiger partial charge in [0.25, 0.3) is 0 Å². The van der Waals surface area contributed by atoms with Crippen molar-refractivity contribution in [1.29, 1.82) is 0 Å². The Morgan fingerprint density at radius 3 is 2.55 bits per heavy atom. The molecule has 11 heavy (non-hydrogen) atoms. The number of hydrogen-bond acceptors (Lipinski definition) is 0. The van der Waals surface area contributed by atoms with Gasteiger partial charge in [0.2, 0.25) is 0 Å². The SMILES string of the molecule is Fc1cccc([C]2CCC2)c1. The van der Waals surface area contributed by atoms with Crippen LogP contribution < -0.4 is 0 Å². The lowest BCUT2D eigenvalue weighted by Gasteiger charge is -2.24. The monoisotopic (exact) mass is 149 g/mol. The first-order valence-electron chi connectivity index (χ1n) is 3.97. The summed E-state index contributed by atoms with van der Waals surface area (Å²) in [5.41, 5.74) is 1.09. The molecule has 0 nitrogen and oxygen atoms in total. The van der Waals surface area contributed by atoms with Crippen molar-refractivity contribution in [3.05, 3.63) is 41.6 Å². The topological polar surface area (TPSA) is 0 Å². The number of benzene rings is 1. The maximum absolute atomic E-state index is 12.7. The van der Waals surface area contributed by atoms with Crippen molar-refractivity contribution in [2.45, 2.75) is 19.3 Å². The highest BCUT2D eigenvalue weighted by Gasteiger charge is 2.19. The molecule has 0 aliphatic heterocycles. The van der Waals surface area contributed by atoms with Crippen molar-refractivity contribution in [1.82, 2.24) is 0 Å². The molecule has 0 atom stereocenters. The number of halogens is 1. The van der Waals surface area contributed by atoms with Crippen LogP contribution in [0.5, 0.6) is 0 Å². The molecule has 1 heteroatoms. The fourth-order valence-electron chi connectivity index (χ4n) is 1.35. The predicted molar refractivity (Wildman–Crippen MR) is 42.6 cm³/mol. The van der Waals surface area contributed by atoms with Gasteiger partial charge in [0.1, 0.15) is 5.82 Å². The minimum absolute atomic E-state index is 0.123. The Bertz CT molecular complexity index is 251. The van der Waals surface area contributed by atoms with Gasteiger partial charge in [-0.25, -0.2) is 4.39 Å². The normalized spacial score (nSPS) is 17.9. The summed E-state index contributed by atoms with van der Waals surface area (Å²) in [6.07, 6.45) is 3.58. The summed E-state index contributed by atoms with van der Waals surface area (Å²) in [4.78, 5) is 0. The molecule has 0 spiro atoms. The van der Waals surface area contributed by atoms with Crippen LogP contribution in [0.2, 0.25) is 0 Å². The zero-order valence-electron chi connectivity index (χ0n) is 6.31. The van der Waals surface area contributed by atoms with Crippen LogP contribution in [0.4, 0.5) is 4.39 Å². The van der Waals surface area contributed by atoms with Gasteiger partial charge in [-0.05, 0) is 30.5 Å². The Morgan fingerprint density at radius 1 is 1.18 bits per heavy atom. The third-order valence-electron chi connectivity index (χ3n) is 2.19. The summed E-state index contributed by atoms with van der Waals surface area (Å²) < 4.78 is 12.7. The van der Waals surface area contributed by atoms with Gasteiger partial charge in [0.05, 0.1) is 0 Å². The Morgan fingerprint density at radius 2 is 2.00 bits per heavy atom. The van der Waals surface area contributed by atoms with E-state index >= 15 is 0 Å². The molecular formula is C10H10F. The van der Waals surface area contributed by atoms with E-state index in [1.54, 1.807) is 12.1 Å². The second-order valence-electron chi connectivity index (χ2n) is 2.97. The quantitative estimate of drug-likeness (QED) is 0.576. The molecule has 1 aromatic carbocycles. The highest BCUT2D eigenvalue weighted by Crippen LogP contribution is 2.35. The molecule has 0 bridgehead atoms. The summed E-state index contributed by atoms with van der Waals surface area (Å²) in [5.74, 6) is 1.28.